The molecule has 3 N–H and O–H groups in total. The first kappa shape index (κ1) is 15.6. The van der Waals surface area contributed by atoms with Crippen LogP contribution in [-0.4, -0.2) is 26.7 Å². The van der Waals surface area contributed by atoms with Gasteiger partial charge in [-0.05, 0) is 44.9 Å². The molecule has 1 fully saturated rings. The molecule has 0 aliphatic carbocycles. The smallest absolute Gasteiger partial charge is 0.241 e. The van der Waals surface area contributed by atoms with E-state index in [-0.39, 0.29) is 11.0 Å². The van der Waals surface area contributed by atoms with Gasteiger partial charge in [-0.25, -0.2) is 13.1 Å². The predicted molar refractivity (Wildman–Crippen MR) is 79.4 cm³/mol. The van der Waals surface area contributed by atoms with Crippen LogP contribution in [0.15, 0.2) is 17.0 Å². The van der Waals surface area contributed by atoms with Gasteiger partial charge in [-0.15, -0.1) is 0 Å². The number of benzene rings is 1. The highest BCUT2D eigenvalue weighted by molar-refractivity contribution is 7.89. The third-order valence-corrected chi connectivity index (χ3v) is 5.86. The number of sulfonamides is 1. The van der Waals surface area contributed by atoms with Crippen LogP contribution in [0.4, 0.5) is 5.69 Å². The Labute approximate surface area is 124 Å². The lowest BCUT2D eigenvalue weighted by molar-refractivity contribution is 0.0957. The van der Waals surface area contributed by atoms with Crippen molar-refractivity contribution in [2.75, 3.05) is 12.3 Å². The number of hydrogen-bond acceptors (Lipinski definition) is 4. The summed E-state index contributed by atoms with van der Waals surface area (Å²) in [7, 11) is -3.71. The Hall–Kier alpha value is -0.820. The summed E-state index contributed by atoms with van der Waals surface area (Å²) in [4.78, 5) is 0.114. The fourth-order valence-electron chi connectivity index (χ4n) is 2.28. The Balaban J connectivity index is 2.41. The van der Waals surface area contributed by atoms with Crippen molar-refractivity contribution in [2.45, 2.75) is 43.7 Å². The number of anilines is 1. The first-order valence-corrected chi connectivity index (χ1v) is 8.23. The van der Waals surface area contributed by atoms with Crippen LogP contribution >= 0.6 is 11.6 Å². The van der Waals surface area contributed by atoms with Crippen molar-refractivity contribution in [1.82, 2.24) is 4.72 Å². The van der Waals surface area contributed by atoms with Gasteiger partial charge in [0.1, 0.15) is 0 Å². The van der Waals surface area contributed by atoms with Crippen molar-refractivity contribution >= 4 is 27.3 Å². The van der Waals surface area contributed by atoms with Crippen LogP contribution in [0.3, 0.4) is 0 Å². The molecule has 2 rings (SSSR count). The molecule has 112 valence electrons. The highest BCUT2D eigenvalue weighted by Crippen LogP contribution is 2.30. The van der Waals surface area contributed by atoms with E-state index in [1.54, 1.807) is 13.0 Å². The molecule has 1 saturated heterocycles. The fourth-order valence-corrected chi connectivity index (χ4v) is 4.37. The number of hydrogen-bond donors (Lipinski definition) is 2. The van der Waals surface area contributed by atoms with Gasteiger partial charge in [-0.1, -0.05) is 11.6 Å². The van der Waals surface area contributed by atoms with Crippen LogP contribution in [-0.2, 0) is 14.8 Å². The third-order valence-electron chi connectivity index (χ3n) is 3.91. The normalized spacial score (nSPS) is 26.9. The summed E-state index contributed by atoms with van der Waals surface area (Å²) in [6.07, 6.45) is 0.441. The van der Waals surface area contributed by atoms with E-state index >= 15 is 0 Å². The maximum absolute atomic E-state index is 12.6. The Morgan fingerprint density at radius 1 is 1.50 bits per heavy atom. The molecule has 1 aliphatic heterocycles. The summed E-state index contributed by atoms with van der Waals surface area (Å²) in [5, 5.41) is 0.300. The zero-order chi connectivity index (χ0) is 15.1. The molecule has 7 heteroatoms. The monoisotopic (exact) mass is 318 g/mol. The summed E-state index contributed by atoms with van der Waals surface area (Å²) < 4.78 is 33.3. The van der Waals surface area contributed by atoms with Crippen molar-refractivity contribution < 1.29 is 13.2 Å². The van der Waals surface area contributed by atoms with Crippen LogP contribution in [0.5, 0.6) is 0 Å². The maximum Gasteiger partial charge on any atom is 0.241 e. The van der Waals surface area contributed by atoms with E-state index in [0.29, 0.717) is 29.3 Å². The standard InChI is InChI=1S/C13H19ClN2O3S/c1-8-11(15)6-10(14)7-12(8)20(17,18)16-13(3)4-5-19-9(13)2/h6-7,9,16H,4-5,15H2,1-3H3. The highest BCUT2D eigenvalue weighted by atomic mass is 35.5. The maximum atomic E-state index is 12.6. The molecule has 0 radical (unpaired) electrons. The summed E-state index contributed by atoms with van der Waals surface area (Å²) in [5.41, 5.74) is 6.02. The van der Waals surface area contributed by atoms with Crippen LogP contribution in [0.2, 0.25) is 5.02 Å². The Morgan fingerprint density at radius 2 is 2.15 bits per heavy atom. The minimum absolute atomic E-state index is 0.114. The van der Waals surface area contributed by atoms with E-state index in [4.69, 9.17) is 22.1 Å². The van der Waals surface area contributed by atoms with E-state index in [2.05, 4.69) is 4.72 Å². The number of halogens is 1. The molecule has 5 nitrogen and oxygen atoms in total. The van der Waals surface area contributed by atoms with E-state index < -0.39 is 15.6 Å². The summed E-state index contributed by atoms with van der Waals surface area (Å²) >= 11 is 5.91. The minimum atomic E-state index is -3.71. The topological polar surface area (TPSA) is 81.4 Å². The molecule has 0 amide bonds. The SMILES string of the molecule is Cc1c(N)cc(Cl)cc1S(=O)(=O)NC1(C)CCOC1C. The number of nitrogen functional groups attached to an aromatic ring is 1. The lowest BCUT2D eigenvalue weighted by Gasteiger charge is -2.29. The first-order valence-electron chi connectivity index (χ1n) is 6.37. The van der Waals surface area contributed by atoms with Crippen molar-refractivity contribution in [3.63, 3.8) is 0 Å². The molecule has 0 saturated carbocycles. The van der Waals surface area contributed by atoms with Crippen LogP contribution in [0, 0.1) is 6.92 Å². The quantitative estimate of drug-likeness (QED) is 0.836. The molecule has 0 aromatic heterocycles. The second-order valence-corrected chi connectivity index (χ2v) is 7.49. The van der Waals surface area contributed by atoms with Gasteiger partial charge in [0.2, 0.25) is 10.0 Å². The van der Waals surface area contributed by atoms with Gasteiger partial charge < -0.3 is 10.5 Å². The van der Waals surface area contributed by atoms with Crippen LogP contribution < -0.4 is 10.5 Å². The van der Waals surface area contributed by atoms with E-state index in [0.717, 1.165) is 0 Å². The molecule has 1 aliphatic rings. The molecule has 1 heterocycles. The summed E-state index contributed by atoms with van der Waals surface area (Å²) in [6.45, 7) is 5.90. The largest absolute Gasteiger partial charge is 0.398 e. The first-order chi connectivity index (χ1) is 9.16. The van der Waals surface area contributed by atoms with Gasteiger partial charge >= 0.3 is 0 Å². The second kappa shape index (κ2) is 5.18. The Kier molecular flexibility index (Phi) is 4.03. The van der Waals surface area contributed by atoms with Crippen molar-refractivity contribution in [3.8, 4) is 0 Å². The average molecular weight is 319 g/mol. The van der Waals surface area contributed by atoms with Gasteiger partial charge in [-0.3, -0.25) is 0 Å². The molecular weight excluding hydrogens is 300 g/mol. The molecule has 1 aromatic rings. The van der Waals surface area contributed by atoms with Crippen molar-refractivity contribution in [2.24, 2.45) is 0 Å². The molecule has 0 spiro atoms. The fraction of sp³-hybridized carbons (Fsp3) is 0.538. The Bertz CT molecular complexity index is 633. The lowest BCUT2D eigenvalue weighted by atomic mass is 9.97. The van der Waals surface area contributed by atoms with Gasteiger partial charge in [-0.2, -0.15) is 0 Å². The van der Waals surface area contributed by atoms with Gasteiger partial charge in [0, 0.05) is 17.3 Å². The number of nitrogens with two attached hydrogens (primary N) is 1. The lowest BCUT2D eigenvalue weighted by Crippen LogP contribution is -2.50. The molecule has 0 bridgehead atoms. The average Bonchev–Trinajstić information content (AvgIpc) is 2.63. The molecule has 2 unspecified atom stereocenters. The minimum Gasteiger partial charge on any atom is -0.398 e. The molecule has 2 atom stereocenters. The molecular formula is C13H19ClN2O3S. The van der Waals surface area contributed by atoms with E-state index in [1.807, 2.05) is 13.8 Å². The van der Waals surface area contributed by atoms with Crippen LogP contribution in [0.25, 0.3) is 0 Å². The predicted octanol–water partition coefficient (Wildman–Crippen LogP) is 2.08. The van der Waals surface area contributed by atoms with Crippen molar-refractivity contribution in [3.05, 3.63) is 22.7 Å². The highest BCUT2D eigenvalue weighted by Gasteiger charge is 2.41. The van der Waals surface area contributed by atoms with Gasteiger partial charge in [0.15, 0.2) is 0 Å². The number of rotatable bonds is 3. The van der Waals surface area contributed by atoms with Crippen LogP contribution in [0.1, 0.15) is 25.8 Å². The number of nitrogens with one attached hydrogen (secondary N) is 1. The van der Waals surface area contributed by atoms with Gasteiger partial charge in [0.25, 0.3) is 0 Å². The zero-order valence-corrected chi connectivity index (χ0v) is 13.3. The molecule has 1 aromatic carbocycles. The number of ether oxygens (including phenoxy) is 1. The van der Waals surface area contributed by atoms with E-state index in [9.17, 15) is 8.42 Å². The zero-order valence-electron chi connectivity index (χ0n) is 11.7. The van der Waals surface area contributed by atoms with Crippen molar-refractivity contribution in [1.29, 1.82) is 0 Å². The Morgan fingerprint density at radius 3 is 2.70 bits per heavy atom. The van der Waals surface area contributed by atoms with Gasteiger partial charge in [0.05, 0.1) is 16.5 Å². The third kappa shape index (κ3) is 2.79. The molecule has 20 heavy (non-hydrogen) atoms. The van der Waals surface area contributed by atoms with E-state index in [1.165, 1.54) is 6.07 Å². The second-order valence-electron chi connectivity index (χ2n) is 5.40. The summed E-state index contributed by atoms with van der Waals surface area (Å²) in [6, 6.07) is 2.96. The summed E-state index contributed by atoms with van der Waals surface area (Å²) in [5.74, 6) is 0.